The topological polar surface area (TPSA) is 94.5 Å². The predicted octanol–water partition coefficient (Wildman–Crippen LogP) is 3.01. The number of phenolic OH excluding ortho intramolecular Hbond substituents is 1. The van der Waals surface area contributed by atoms with Crippen molar-refractivity contribution in [2.24, 2.45) is 0 Å². The lowest BCUT2D eigenvalue weighted by Crippen LogP contribution is -2.43. The van der Waals surface area contributed by atoms with E-state index in [9.17, 15) is 15.0 Å². The van der Waals surface area contributed by atoms with Gasteiger partial charge in [0.2, 0.25) is 0 Å². The molecule has 0 saturated carbocycles. The molecule has 4 rings (SSSR count). The van der Waals surface area contributed by atoms with E-state index in [-0.39, 0.29) is 24.7 Å². The third-order valence-electron chi connectivity index (χ3n) is 5.58. The number of aromatic hydroxyl groups is 1. The Hall–Kier alpha value is -3.19. The number of benzene rings is 2. The Morgan fingerprint density at radius 2 is 1.97 bits per heavy atom. The van der Waals surface area contributed by atoms with Crippen molar-refractivity contribution in [3.63, 3.8) is 0 Å². The molecule has 0 unspecified atom stereocenters. The third kappa shape index (κ3) is 3.25. The average Bonchev–Trinajstić information content (AvgIpc) is 2.76. The van der Waals surface area contributed by atoms with Crippen LogP contribution in [-0.4, -0.2) is 49.5 Å². The van der Waals surface area contributed by atoms with Gasteiger partial charge in [-0.3, -0.25) is 4.79 Å². The van der Waals surface area contributed by atoms with Crippen molar-refractivity contribution in [2.75, 3.05) is 27.4 Å². The van der Waals surface area contributed by atoms with Crippen LogP contribution in [0.1, 0.15) is 34.3 Å². The maximum atomic E-state index is 13.5. The van der Waals surface area contributed by atoms with E-state index in [1.807, 2.05) is 0 Å². The quantitative estimate of drug-likeness (QED) is 0.729. The van der Waals surface area contributed by atoms with Crippen LogP contribution in [0.4, 0.5) is 0 Å². The number of carbonyl (C=O) groups excluding carboxylic acids is 1. The number of phenols is 1. The minimum atomic E-state index is -0.548. The Bertz CT molecular complexity index is 1020. The normalized spacial score (nSPS) is 19.7. The van der Waals surface area contributed by atoms with E-state index in [2.05, 4.69) is 0 Å². The van der Waals surface area contributed by atoms with Crippen molar-refractivity contribution in [1.29, 1.82) is 0 Å². The molecule has 2 atom stereocenters. The van der Waals surface area contributed by atoms with E-state index in [0.717, 1.165) is 5.57 Å². The molecule has 2 heterocycles. The minimum absolute atomic E-state index is 0.0468. The number of rotatable bonds is 5. The Labute approximate surface area is 174 Å². The molecule has 7 nitrogen and oxygen atoms in total. The number of hydrogen-bond donors (Lipinski definition) is 2. The van der Waals surface area contributed by atoms with Crippen molar-refractivity contribution >= 4 is 5.78 Å². The Morgan fingerprint density at radius 1 is 1.23 bits per heavy atom. The van der Waals surface area contributed by atoms with Gasteiger partial charge in [-0.15, -0.1) is 0 Å². The van der Waals surface area contributed by atoms with Crippen LogP contribution >= 0.6 is 0 Å². The van der Waals surface area contributed by atoms with Crippen LogP contribution in [0.25, 0.3) is 0 Å². The standard InChI is InChI=1S/C23H24O7/c1-12(10-24)4-5-13-16(25)7-6-14-22(26)21-15-8-18(27-2)19(28-3)9-17(15)29-11-20(21)30-23(13)14/h4,6-9,20-21,24-25H,5,10-11H2,1-3H3/b12-4+/t20-,21+/m1/s1. The third-order valence-corrected chi connectivity index (χ3v) is 5.58. The fourth-order valence-electron chi connectivity index (χ4n) is 3.93. The van der Waals surface area contributed by atoms with Crippen molar-refractivity contribution in [1.82, 2.24) is 0 Å². The van der Waals surface area contributed by atoms with Crippen LogP contribution in [0, 0.1) is 0 Å². The number of Topliss-reactive ketones (excluding diaryl/α,β-unsaturated/α-hetero) is 1. The molecule has 30 heavy (non-hydrogen) atoms. The number of aliphatic hydroxyl groups excluding tert-OH is 1. The van der Waals surface area contributed by atoms with Crippen LogP contribution in [0.2, 0.25) is 0 Å². The summed E-state index contributed by atoms with van der Waals surface area (Å²) in [7, 11) is 3.08. The number of aliphatic hydroxyl groups is 1. The summed E-state index contributed by atoms with van der Waals surface area (Å²) in [6, 6.07) is 6.57. The SMILES string of the molecule is COc1cc2c(cc1OC)[C@@H]1C(=O)c3ccc(O)c(C/C=C(\C)CO)c3O[C@@H]1CO2. The summed E-state index contributed by atoms with van der Waals surface area (Å²) in [5, 5.41) is 19.6. The lowest BCUT2D eigenvalue weighted by molar-refractivity contribution is 0.0553. The molecule has 0 saturated heterocycles. The summed E-state index contributed by atoms with van der Waals surface area (Å²) >= 11 is 0. The molecular weight excluding hydrogens is 388 g/mol. The minimum Gasteiger partial charge on any atom is -0.508 e. The predicted molar refractivity (Wildman–Crippen MR) is 109 cm³/mol. The fourth-order valence-corrected chi connectivity index (χ4v) is 3.93. The summed E-state index contributed by atoms with van der Waals surface area (Å²) in [6.07, 6.45) is 1.62. The lowest BCUT2D eigenvalue weighted by Gasteiger charge is -2.38. The van der Waals surface area contributed by atoms with Crippen molar-refractivity contribution in [3.8, 4) is 28.7 Å². The number of allylic oxidation sites excluding steroid dienone is 1. The van der Waals surface area contributed by atoms with Crippen molar-refractivity contribution in [3.05, 3.63) is 52.6 Å². The molecular formula is C23H24O7. The van der Waals surface area contributed by atoms with Gasteiger partial charge in [-0.2, -0.15) is 0 Å². The van der Waals surface area contributed by atoms with E-state index in [1.54, 1.807) is 38.3 Å². The number of ketones is 1. The number of hydrogen-bond acceptors (Lipinski definition) is 7. The van der Waals surface area contributed by atoms with Gasteiger partial charge in [0.15, 0.2) is 17.3 Å². The van der Waals surface area contributed by atoms with E-state index in [4.69, 9.17) is 18.9 Å². The number of ether oxygens (including phenoxy) is 4. The molecule has 2 aliphatic rings. The van der Waals surface area contributed by atoms with Crippen LogP contribution in [0.15, 0.2) is 35.9 Å². The van der Waals surface area contributed by atoms with E-state index in [1.165, 1.54) is 13.2 Å². The summed E-state index contributed by atoms with van der Waals surface area (Å²) in [5.74, 6) is 1.37. The lowest BCUT2D eigenvalue weighted by atomic mass is 9.81. The first-order valence-electron chi connectivity index (χ1n) is 9.69. The largest absolute Gasteiger partial charge is 0.508 e. The molecule has 0 radical (unpaired) electrons. The molecule has 0 aromatic heterocycles. The molecule has 158 valence electrons. The van der Waals surface area contributed by atoms with Gasteiger partial charge in [0.25, 0.3) is 0 Å². The summed E-state index contributed by atoms with van der Waals surface area (Å²) < 4.78 is 22.8. The highest BCUT2D eigenvalue weighted by Crippen LogP contribution is 2.48. The molecule has 2 aliphatic heterocycles. The van der Waals surface area contributed by atoms with Crippen LogP contribution in [-0.2, 0) is 6.42 Å². The Morgan fingerprint density at radius 3 is 2.67 bits per heavy atom. The Balaban J connectivity index is 1.78. The zero-order chi connectivity index (χ0) is 21.4. The maximum Gasteiger partial charge on any atom is 0.178 e. The highest BCUT2D eigenvalue weighted by atomic mass is 16.5. The first-order chi connectivity index (χ1) is 14.5. The molecule has 0 amide bonds. The number of fused-ring (bicyclic) bond motifs is 4. The fraction of sp³-hybridized carbons (Fsp3) is 0.348. The van der Waals surface area contributed by atoms with Gasteiger partial charge < -0.3 is 29.2 Å². The summed E-state index contributed by atoms with van der Waals surface area (Å²) in [6.45, 7) is 1.91. The highest BCUT2D eigenvalue weighted by Gasteiger charge is 2.44. The van der Waals surface area contributed by atoms with Crippen molar-refractivity contribution in [2.45, 2.75) is 25.4 Å². The van der Waals surface area contributed by atoms with Gasteiger partial charge in [-0.25, -0.2) is 0 Å². The molecule has 2 N–H and O–H groups in total. The number of carbonyl (C=O) groups is 1. The van der Waals surface area contributed by atoms with Gasteiger partial charge in [0.05, 0.1) is 32.3 Å². The van der Waals surface area contributed by atoms with Crippen LogP contribution in [0.3, 0.4) is 0 Å². The van der Waals surface area contributed by atoms with Gasteiger partial charge in [0, 0.05) is 17.2 Å². The second kappa shape index (κ2) is 7.91. The maximum absolute atomic E-state index is 13.5. The van der Waals surface area contributed by atoms with Gasteiger partial charge in [-0.05, 0) is 31.5 Å². The van der Waals surface area contributed by atoms with Gasteiger partial charge in [-0.1, -0.05) is 11.6 Å². The van der Waals surface area contributed by atoms with Crippen LogP contribution in [0.5, 0.6) is 28.7 Å². The molecule has 7 heteroatoms. The molecule has 2 aromatic rings. The second-order valence-electron chi connectivity index (χ2n) is 7.41. The number of methoxy groups -OCH3 is 2. The van der Waals surface area contributed by atoms with E-state index in [0.29, 0.717) is 46.1 Å². The van der Waals surface area contributed by atoms with Gasteiger partial charge in [0.1, 0.15) is 30.0 Å². The molecule has 0 bridgehead atoms. The zero-order valence-electron chi connectivity index (χ0n) is 17.1. The van der Waals surface area contributed by atoms with Crippen LogP contribution < -0.4 is 18.9 Å². The molecule has 0 spiro atoms. The van der Waals surface area contributed by atoms with E-state index < -0.39 is 12.0 Å². The highest BCUT2D eigenvalue weighted by molar-refractivity contribution is 6.05. The monoisotopic (exact) mass is 412 g/mol. The summed E-state index contributed by atoms with van der Waals surface area (Å²) in [4.78, 5) is 13.5. The molecule has 0 fully saturated rings. The van der Waals surface area contributed by atoms with Crippen molar-refractivity contribution < 1.29 is 34.0 Å². The second-order valence-corrected chi connectivity index (χ2v) is 7.41. The smallest absolute Gasteiger partial charge is 0.178 e. The Kier molecular flexibility index (Phi) is 5.30. The average molecular weight is 412 g/mol. The molecule has 2 aromatic carbocycles. The molecule has 0 aliphatic carbocycles. The zero-order valence-corrected chi connectivity index (χ0v) is 17.1. The first kappa shape index (κ1) is 20.1. The first-order valence-corrected chi connectivity index (χ1v) is 9.69. The van der Waals surface area contributed by atoms with E-state index >= 15 is 0 Å². The van der Waals surface area contributed by atoms with Gasteiger partial charge >= 0.3 is 0 Å². The summed E-state index contributed by atoms with van der Waals surface area (Å²) in [5.41, 5.74) is 2.39.